The second kappa shape index (κ2) is 7.43. The second-order valence-corrected chi connectivity index (χ2v) is 6.18. The van der Waals surface area contributed by atoms with Crippen molar-refractivity contribution in [3.05, 3.63) is 64.6 Å². The Morgan fingerprint density at radius 1 is 1.12 bits per heavy atom. The molecule has 8 heteroatoms. The van der Waals surface area contributed by atoms with Gasteiger partial charge in [-0.25, -0.2) is 5.10 Å². The number of anilines is 1. The first-order valence-electron chi connectivity index (χ1n) is 7.34. The van der Waals surface area contributed by atoms with Crippen LogP contribution in [0.1, 0.15) is 5.69 Å². The molecule has 0 atom stereocenters. The largest absolute Gasteiger partial charge is 0.325 e. The van der Waals surface area contributed by atoms with Crippen LogP contribution >= 0.6 is 11.8 Å². The summed E-state index contributed by atoms with van der Waals surface area (Å²) < 4.78 is 25.2. The molecule has 0 aliphatic carbocycles. The van der Waals surface area contributed by atoms with Crippen LogP contribution in [0.15, 0.2) is 58.2 Å². The Morgan fingerprint density at radius 2 is 1.80 bits per heavy atom. The molecule has 0 spiro atoms. The minimum Gasteiger partial charge on any atom is -0.325 e. The second-order valence-electron chi connectivity index (χ2n) is 5.14. The molecule has 3 aromatic rings. The molecule has 0 aliphatic heterocycles. The van der Waals surface area contributed by atoms with Gasteiger partial charge in [0, 0.05) is 10.3 Å². The van der Waals surface area contributed by atoms with Gasteiger partial charge in [0.2, 0.25) is 5.91 Å². The highest BCUT2D eigenvalue weighted by molar-refractivity contribution is 7.99. The quantitative estimate of drug-likeness (QED) is 0.683. The molecule has 1 heterocycles. The fourth-order valence-corrected chi connectivity index (χ4v) is 3.02. The molecule has 0 saturated heterocycles. The van der Waals surface area contributed by atoms with Gasteiger partial charge in [-0.3, -0.25) is 9.59 Å². The highest BCUT2D eigenvalue weighted by Gasteiger charge is 2.14. The van der Waals surface area contributed by atoms with Crippen LogP contribution in [-0.2, 0) is 11.2 Å². The maximum atomic E-state index is 12.6. The van der Waals surface area contributed by atoms with Crippen molar-refractivity contribution in [3.8, 4) is 0 Å². The molecule has 1 amide bonds. The molecule has 128 valence electrons. The first kappa shape index (κ1) is 17.1. The lowest BCUT2D eigenvalue weighted by atomic mass is 10.1. The van der Waals surface area contributed by atoms with Gasteiger partial charge >= 0.3 is 0 Å². The number of nitrogens with zero attached hydrogens (tertiary/aromatic N) is 1. The first-order chi connectivity index (χ1) is 12.0. The predicted octanol–water partition coefficient (Wildman–Crippen LogP) is 3.42. The zero-order valence-corrected chi connectivity index (χ0v) is 13.6. The molecule has 0 bridgehead atoms. The summed E-state index contributed by atoms with van der Waals surface area (Å²) in [7, 11) is 0. The summed E-state index contributed by atoms with van der Waals surface area (Å²) in [6.07, 6.45) is -0.0923. The lowest BCUT2D eigenvalue weighted by Crippen LogP contribution is -2.18. The molecular weight excluding hydrogens is 348 g/mol. The van der Waals surface area contributed by atoms with Gasteiger partial charge in [0.05, 0.1) is 23.2 Å². The van der Waals surface area contributed by atoms with E-state index in [0.29, 0.717) is 33.9 Å². The number of halogens is 2. The number of carbonyl (C=O) groups is 1. The number of hydrogen-bond donors (Lipinski definition) is 2. The van der Waals surface area contributed by atoms with Crippen LogP contribution in [0.25, 0.3) is 10.8 Å². The topological polar surface area (TPSA) is 74.8 Å². The van der Waals surface area contributed by atoms with Crippen LogP contribution in [0.3, 0.4) is 0 Å². The van der Waals surface area contributed by atoms with E-state index >= 15 is 0 Å². The number of amides is 1. The molecule has 0 aliphatic rings. The zero-order chi connectivity index (χ0) is 17.8. The number of H-pyrrole nitrogens is 1. The van der Waals surface area contributed by atoms with E-state index in [2.05, 4.69) is 15.5 Å². The number of alkyl halides is 2. The van der Waals surface area contributed by atoms with Gasteiger partial charge < -0.3 is 5.32 Å². The Kier molecular flexibility index (Phi) is 5.08. The third-order valence-electron chi connectivity index (χ3n) is 3.48. The van der Waals surface area contributed by atoms with Gasteiger partial charge in [-0.2, -0.15) is 13.9 Å². The molecule has 0 fully saturated rings. The number of benzene rings is 2. The van der Waals surface area contributed by atoms with Crippen molar-refractivity contribution >= 4 is 34.1 Å². The van der Waals surface area contributed by atoms with Crippen molar-refractivity contribution in [1.82, 2.24) is 10.2 Å². The van der Waals surface area contributed by atoms with Crippen LogP contribution in [0.4, 0.5) is 14.5 Å². The Hall–Kier alpha value is -2.74. The maximum absolute atomic E-state index is 12.6. The number of para-hydroxylation sites is 1. The minimum absolute atomic E-state index is 0.0923. The van der Waals surface area contributed by atoms with Gasteiger partial charge in [0.15, 0.2) is 0 Å². The number of fused-ring (bicyclic) bond motifs is 1. The fourth-order valence-electron chi connectivity index (χ4n) is 2.42. The molecule has 0 radical (unpaired) electrons. The third-order valence-corrected chi connectivity index (χ3v) is 4.27. The number of thioether (sulfide) groups is 1. The Bertz CT molecular complexity index is 975. The summed E-state index contributed by atoms with van der Waals surface area (Å²) in [5, 5.41) is 9.93. The van der Waals surface area contributed by atoms with E-state index in [1.165, 1.54) is 6.07 Å². The molecular formula is C17H13F2N3O2S. The van der Waals surface area contributed by atoms with Crippen molar-refractivity contribution in [2.45, 2.75) is 17.1 Å². The van der Waals surface area contributed by atoms with Gasteiger partial charge in [-0.1, -0.05) is 42.1 Å². The lowest BCUT2D eigenvalue weighted by Gasteiger charge is -2.10. The first-order valence-corrected chi connectivity index (χ1v) is 8.22. The highest BCUT2D eigenvalue weighted by atomic mass is 32.2. The van der Waals surface area contributed by atoms with E-state index in [0.717, 1.165) is 0 Å². The summed E-state index contributed by atoms with van der Waals surface area (Å²) in [5.41, 5.74) is 0.386. The number of nitrogens with one attached hydrogen (secondary N) is 2. The van der Waals surface area contributed by atoms with Crippen molar-refractivity contribution < 1.29 is 13.6 Å². The Morgan fingerprint density at radius 3 is 2.56 bits per heavy atom. The van der Waals surface area contributed by atoms with E-state index in [9.17, 15) is 18.4 Å². The molecule has 0 unspecified atom stereocenters. The van der Waals surface area contributed by atoms with Crippen molar-refractivity contribution in [2.75, 3.05) is 5.32 Å². The SMILES string of the molecule is O=C(Cc1n[nH]c(=O)c2ccccc12)Nc1ccccc1SC(F)F. The third kappa shape index (κ3) is 4.03. The average molecular weight is 361 g/mol. The number of aromatic nitrogens is 2. The van der Waals surface area contributed by atoms with Crippen LogP contribution in [0.5, 0.6) is 0 Å². The van der Waals surface area contributed by atoms with Gasteiger partial charge in [-0.05, 0) is 18.2 Å². The number of aromatic amines is 1. The maximum Gasteiger partial charge on any atom is 0.288 e. The van der Waals surface area contributed by atoms with Gasteiger partial charge in [0.25, 0.3) is 11.3 Å². The lowest BCUT2D eigenvalue weighted by molar-refractivity contribution is -0.115. The van der Waals surface area contributed by atoms with E-state index in [1.807, 2.05) is 0 Å². The number of rotatable bonds is 5. The van der Waals surface area contributed by atoms with Crippen LogP contribution in [0, 0.1) is 0 Å². The smallest absolute Gasteiger partial charge is 0.288 e. The Labute approximate surface area is 145 Å². The monoisotopic (exact) mass is 361 g/mol. The van der Waals surface area contributed by atoms with Crippen LogP contribution in [0.2, 0.25) is 0 Å². The zero-order valence-electron chi connectivity index (χ0n) is 12.8. The molecule has 25 heavy (non-hydrogen) atoms. The fraction of sp³-hybridized carbons (Fsp3) is 0.118. The molecule has 1 aromatic heterocycles. The van der Waals surface area contributed by atoms with E-state index in [1.54, 1.807) is 42.5 Å². The van der Waals surface area contributed by atoms with Gasteiger partial charge in [0.1, 0.15) is 0 Å². The van der Waals surface area contributed by atoms with Crippen LogP contribution in [-0.4, -0.2) is 21.9 Å². The average Bonchev–Trinajstić information content (AvgIpc) is 2.59. The normalized spacial score (nSPS) is 11.0. The molecule has 3 rings (SSSR count). The summed E-state index contributed by atoms with van der Waals surface area (Å²) in [6.45, 7) is 0. The highest BCUT2D eigenvalue weighted by Crippen LogP contribution is 2.31. The van der Waals surface area contributed by atoms with Crippen molar-refractivity contribution in [2.24, 2.45) is 0 Å². The van der Waals surface area contributed by atoms with Crippen LogP contribution < -0.4 is 10.9 Å². The minimum atomic E-state index is -2.58. The standard InChI is InChI=1S/C17H13F2N3O2S/c18-17(19)25-14-8-4-3-7-12(14)20-15(23)9-13-10-5-1-2-6-11(10)16(24)22-21-13/h1-8,17H,9H2,(H,20,23)(H,22,24). The molecule has 0 saturated carbocycles. The number of hydrogen-bond acceptors (Lipinski definition) is 4. The summed E-state index contributed by atoms with van der Waals surface area (Å²) in [4.78, 5) is 24.4. The van der Waals surface area contributed by atoms with E-state index in [-0.39, 0.29) is 16.9 Å². The van der Waals surface area contributed by atoms with Crippen molar-refractivity contribution in [1.29, 1.82) is 0 Å². The predicted molar refractivity (Wildman–Crippen MR) is 93.0 cm³/mol. The molecule has 2 aromatic carbocycles. The summed E-state index contributed by atoms with van der Waals surface area (Å²) in [5.74, 6) is -2.99. The Balaban J connectivity index is 1.83. The molecule has 2 N–H and O–H groups in total. The number of carbonyl (C=O) groups excluding carboxylic acids is 1. The van der Waals surface area contributed by atoms with Gasteiger partial charge in [-0.15, -0.1) is 0 Å². The summed E-state index contributed by atoms with van der Waals surface area (Å²) >= 11 is 0.367. The van der Waals surface area contributed by atoms with E-state index in [4.69, 9.17) is 0 Å². The summed E-state index contributed by atoms with van der Waals surface area (Å²) in [6, 6.07) is 13.2. The van der Waals surface area contributed by atoms with E-state index < -0.39 is 11.7 Å². The van der Waals surface area contributed by atoms with Crippen molar-refractivity contribution in [3.63, 3.8) is 0 Å². The molecule has 5 nitrogen and oxygen atoms in total.